The fourth-order valence-electron chi connectivity index (χ4n) is 2.46. The molecule has 1 saturated carbocycles. The zero-order valence-electron chi connectivity index (χ0n) is 11.5. The van der Waals surface area contributed by atoms with E-state index in [-0.39, 0.29) is 0 Å². The predicted octanol–water partition coefficient (Wildman–Crippen LogP) is 4.17. The molecule has 1 heteroatoms. The fourth-order valence-corrected chi connectivity index (χ4v) is 2.46. The van der Waals surface area contributed by atoms with Crippen LogP contribution in [0.1, 0.15) is 36.9 Å². The lowest BCUT2D eigenvalue weighted by molar-refractivity contribution is 0.470. The summed E-state index contributed by atoms with van der Waals surface area (Å²) in [7, 11) is 0. The lowest BCUT2D eigenvalue weighted by Gasteiger charge is -2.22. The summed E-state index contributed by atoms with van der Waals surface area (Å²) in [5, 5.41) is 3.75. The Morgan fingerprint density at radius 1 is 0.895 bits per heavy atom. The fraction of sp³-hybridized carbons (Fsp3) is 0.333. The van der Waals surface area contributed by atoms with Crippen LogP contribution in [0.25, 0.3) is 0 Å². The number of benzene rings is 2. The van der Waals surface area contributed by atoms with Crippen molar-refractivity contribution in [2.75, 3.05) is 6.54 Å². The molecule has 1 N–H and O–H groups in total. The molecular weight excluding hydrogens is 230 g/mol. The van der Waals surface area contributed by atoms with Crippen molar-refractivity contribution >= 4 is 0 Å². The Labute approximate surface area is 115 Å². The molecule has 0 aliphatic heterocycles. The molecule has 0 unspecified atom stereocenters. The van der Waals surface area contributed by atoms with Crippen molar-refractivity contribution in [2.45, 2.75) is 25.8 Å². The zero-order chi connectivity index (χ0) is 13.1. The molecule has 0 bridgehead atoms. The molecule has 0 aromatic heterocycles. The van der Waals surface area contributed by atoms with Crippen molar-refractivity contribution in [1.82, 2.24) is 5.32 Å². The lowest BCUT2D eigenvalue weighted by atomic mass is 9.98. The van der Waals surface area contributed by atoms with Crippen LogP contribution >= 0.6 is 0 Å². The molecule has 1 aliphatic rings. The van der Waals surface area contributed by atoms with E-state index < -0.39 is 0 Å². The lowest BCUT2D eigenvalue weighted by Crippen LogP contribution is -2.27. The Morgan fingerprint density at radius 2 is 1.37 bits per heavy atom. The highest BCUT2D eigenvalue weighted by molar-refractivity contribution is 5.31. The Bertz CT molecular complexity index is 474. The van der Waals surface area contributed by atoms with Crippen molar-refractivity contribution in [3.05, 3.63) is 71.8 Å². The molecule has 3 rings (SSSR count). The van der Waals surface area contributed by atoms with Gasteiger partial charge in [0.15, 0.2) is 0 Å². The Kier molecular flexibility index (Phi) is 3.39. The van der Waals surface area contributed by atoms with Crippen LogP contribution in [0, 0.1) is 5.41 Å². The van der Waals surface area contributed by atoms with Crippen LogP contribution in [0.3, 0.4) is 0 Å². The maximum atomic E-state index is 3.75. The third kappa shape index (κ3) is 3.05. The molecule has 0 atom stereocenters. The van der Waals surface area contributed by atoms with Crippen LogP contribution in [0.5, 0.6) is 0 Å². The number of rotatable bonds is 5. The minimum absolute atomic E-state index is 0.305. The molecular formula is C18H21N. The monoisotopic (exact) mass is 251 g/mol. The molecule has 0 heterocycles. The third-order valence-electron chi connectivity index (χ3n) is 4.10. The summed E-state index contributed by atoms with van der Waals surface area (Å²) in [5.74, 6) is 0. The molecule has 98 valence electrons. The van der Waals surface area contributed by atoms with Crippen molar-refractivity contribution < 1.29 is 0 Å². The molecule has 2 aromatic rings. The van der Waals surface area contributed by atoms with E-state index in [0.29, 0.717) is 11.5 Å². The van der Waals surface area contributed by atoms with E-state index in [4.69, 9.17) is 0 Å². The van der Waals surface area contributed by atoms with Gasteiger partial charge >= 0.3 is 0 Å². The van der Waals surface area contributed by atoms with Gasteiger partial charge in [-0.05, 0) is 29.4 Å². The standard InChI is InChI=1S/C18H21N/c1-18(12-13-18)14-19-17(15-8-4-2-5-9-15)16-10-6-3-7-11-16/h2-11,17,19H,12-14H2,1H3. The van der Waals surface area contributed by atoms with Gasteiger partial charge in [0.2, 0.25) is 0 Å². The van der Waals surface area contributed by atoms with Gasteiger partial charge in [0.25, 0.3) is 0 Å². The minimum Gasteiger partial charge on any atom is -0.306 e. The largest absolute Gasteiger partial charge is 0.306 e. The second-order valence-corrected chi connectivity index (χ2v) is 5.95. The van der Waals surface area contributed by atoms with E-state index in [9.17, 15) is 0 Å². The highest BCUT2D eigenvalue weighted by Crippen LogP contribution is 2.44. The highest BCUT2D eigenvalue weighted by Gasteiger charge is 2.37. The molecule has 19 heavy (non-hydrogen) atoms. The number of hydrogen-bond donors (Lipinski definition) is 1. The van der Waals surface area contributed by atoms with Gasteiger partial charge in [-0.2, -0.15) is 0 Å². The summed E-state index contributed by atoms with van der Waals surface area (Å²) >= 11 is 0. The summed E-state index contributed by atoms with van der Waals surface area (Å²) in [6.45, 7) is 3.47. The highest BCUT2D eigenvalue weighted by atomic mass is 14.9. The Morgan fingerprint density at radius 3 is 1.79 bits per heavy atom. The first-order valence-corrected chi connectivity index (χ1v) is 7.10. The van der Waals surface area contributed by atoms with E-state index in [1.807, 2.05) is 0 Å². The average molecular weight is 251 g/mol. The van der Waals surface area contributed by atoms with Gasteiger partial charge in [-0.15, -0.1) is 0 Å². The topological polar surface area (TPSA) is 12.0 Å². The molecule has 0 spiro atoms. The Hall–Kier alpha value is -1.60. The first kappa shape index (κ1) is 12.4. The van der Waals surface area contributed by atoms with Gasteiger partial charge in [-0.3, -0.25) is 0 Å². The van der Waals surface area contributed by atoms with Crippen LogP contribution in [0.4, 0.5) is 0 Å². The molecule has 0 saturated heterocycles. The van der Waals surface area contributed by atoms with Crippen molar-refractivity contribution in [1.29, 1.82) is 0 Å². The van der Waals surface area contributed by atoms with E-state index in [1.54, 1.807) is 0 Å². The summed E-state index contributed by atoms with van der Waals surface area (Å²) in [5.41, 5.74) is 3.22. The van der Waals surface area contributed by atoms with Crippen molar-refractivity contribution in [3.63, 3.8) is 0 Å². The van der Waals surface area contributed by atoms with Gasteiger partial charge in [-0.25, -0.2) is 0 Å². The van der Waals surface area contributed by atoms with Gasteiger partial charge in [-0.1, -0.05) is 67.6 Å². The summed E-state index contributed by atoms with van der Waals surface area (Å²) in [4.78, 5) is 0. The van der Waals surface area contributed by atoms with Crippen LogP contribution in [-0.4, -0.2) is 6.54 Å². The summed E-state index contributed by atoms with van der Waals surface area (Å²) < 4.78 is 0. The van der Waals surface area contributed by atoms with Gasteiger partial charge < -0.3 is 5.32 Å². The normalized spacial score (nSPS) is 16.5. The first-order valence-electron chi connectivity index (χ1n) is 7.10. The second-order valence-electron chi connectivity index (χ2n) is 5.95. The molecule has 1 nitrogen and oxygen atoms in total. The third-order valence-corrected chi connectivity index (χ3v) is 4.10. The smallest absolute Gasteiger partial charge is 0.0576 e. The van der Waals surface area contributed by atoms with E-state index in [1.165, 1.54) is 24.0 Å². The van der Waals surface area contributed by atoms with E-state index in [0.717, 1.165) is 6.54 Å². The summed E-state index contributed by atoms with van der Waals surface area (Å²) in [6, 6.07) is 21.8. The number of nitrogens with one attached hydrogen (secondary N) is 1. The maximum absolute atomic E-state index is 3.75. The first-order chi connectivity index (χ1) is 9.27. The zero-order valence-corrected chi connectivity index (χ0v) is 11.5. The molecule has 2 aromatic carbocycles. The summed E-state index contributed by atoms with van der Waals surface area (Å²) in [6.07, 6.45) is 2.71. The van der Waals surface area contributed by atoms with Gasteiger partial charge in [0.05, 0.1) is 6.04 Å². The Balaban J connectivity index is 1.83. The minimum atomic E-state index is 0.305. The quantitative estimate of drug-likeness (QED) is 0.841. The predicted molar refractivity (Wildman–Crippen MR) is 80.1 cm³/mol. The van der Waals surface area contributed by atoms with Gasteiger partial charge in [0.1, 0.15) is 0 Å². The van der Waals surface area contributed by atoms with E-state index >= 15 is 0 Å². The average Bonchev–Trinajstić information content (AvgIpc) is 3.20. The molecule has 0 radical (unpaired) electrons. The van der Waals surface area contributed by atoms with Crippen LogP contribution in [0.2, 0.25) is 0 Å². The van der Waals surface area contributed by atoms with Crippen LogP contribution in [0.15, 0.2) is 60.7 Å². The SMILES string of the molecule is CC1(CNC(c2ccccc2)c2ccccc2)CC1. The molecule has 0 amide bonds. The number of hydrogen-bond acceptors (Lipinski definition) is 1. The van der Waals surface area contributed by atoms with Crippen molar-refractivity contribution in [2.24, 2.45) is 5.41 Å². The van der Waals surface area contributed by atoms with Crippen LogP contribution in [-0.2, 0) is 0 Å². The maximum Gasteiger partial charge on any atom is 0.0576 e. The van der Waals surface area contributed by atoms with Crippen molar-refractivity contribution in [3.8, 4) is 0 Å². The van der Waals surface area contributed by atoms with Crippen LogP contribution < -0.4 is 5.32 Å². The van der Waals surface area contributed by atoms with E-state index in [2.05, 4.69) is 72.9 Å². The molecule has 1 fully saturated rings. The van der Waals surface area contributed by atoms with Gasteiger partial charge in [0, 0.05) is 6.54 Å². The second kappa shape index (κ2) is 5.18. The molecule has 1 aliphatic carbocycles.